The van der Waals surface area contributed by atoms with E-state index in [9.17, 15) is 0 Å². The highest BCUT2D eigenvalue weighted by molar-refractivity contribution is 5.43. The largest absolute Gasteiger partial charge is 0.485 e. The van der Waals surface area contributed by atoms with Crippen LogP contribution in [0, 0.1) is 0 Å². The summed E-state index contributed by atoms with van der Waals surface area (Å²) < 4.78 is 12.0. The van der Waals surface area contributed by atoms with Crippen molar-refractivity contribution in [1.82, 2.24) is 5.32 Å². The summed E-state index contributed by atoms with van der Waals surface area (Å²) in [5.74, 6) is 1.53. The van der Waals surface area contributed by atoms with Gasteiger partial charge in [0.1, 0.15) is 13.2 Å². The lowest BCUT2D eigenvalue weighted by molar-refractivity contribution is 0.255. The van der Waals surface area contributed by atoms with Gasteiger partial charge in [0.25, 0.3) is 0 Å². The fraction of sp³-hybridized carbons (Fsp3) is 0.182. The Bertz CT molecular complexity index is 773. The first-order valence-electron chi connectivity index (χ1n) is 8.46. The van der Waals surface area contributed by atoms with Gasteiger partial charge in [-0.25, -0.2) is 0 Å². The van der Waals surface area contributed by atoms with Crippen molar-refractivity contribution >= 4 is 0 Å². The van der Waals surface area contributed by atoms with E-state index in [-0.39, 0.29) is 0 Å². The molecule has 0 unspecified atom stereocenters. The number of ether oxygens (including phenoxy) is 2. The van der Waals surface area contributed by atoms with Gasteiger partial charge in [0.05, 0.1) is 0 Å². The van der Waals surface area contributed by atoms with Gasteiger partial charge < -0.3 is 14.8 Å². The molecule has 3 rings (SSSR count). The van der Waals surface area contributed by atoms with Gasteiger partial charge in [-0.1, -0.05) is 66.7 Å². The van der Waals surface area contributed by atoms with Gasteiger partial charge >= 0.3 is 0 Å². The summed E-state index contributed by atoms with van der Waals surface area (Å²) in [6, 6.07) is 26.4. The van der Waals surface area contributed by atoms with E-state index in [1.54, 1.807) is 0 Å². The van der Waals surface area contributed by atoms with E-state index in [1.165, 1.54) is 0 Å². The molecule has 0 spiro atoms. The number of nitrogens with one attached hydrogen (secondary N) is 1. The zero-order valence-corrected chi connectivity index (χ0v) is 14.4. The van der Waals surface area contributed by atoms with Crippen molar-refractivity contribution in [2.24, 2.45) is 0 Å². The first-order valence-corrected chi connectivity index (χ1v) is 8.46. The first kappa shape index (κ1) is 17.1. The molecule has 0 amide bonds. The molecular weight excluding hydrogens is 310 g/mol. The van der Waals surface area contributed by atoms with Crippen LogP contribution in [0.5, 0.6) is 11.5 Å². The number of hydrogen-bond donors (Lipinski definition) is 1. The quantitative estimate of drug-likeness (QED) is 0.655. The van der Waals surface area contributed by atoms with Crippen LogP contribution in [0.2, 0.25) is 0 Å². The van der Waals surface area contributed by atoms with Crippen molar-refractivity contribution in [3.63, 3.8) is 0 Å². The number of rotatable bonds is 8. The summed E-state index contributed by atoms with van der Waals surface area (Å²) in [7, 11) is 1.93. The molecule has 0 saturated carbocycles. The zero-order chi connectivity index (χ0) is 17.3. The van der Waals surface area contributed by atoms with Crippen molar-refractivity contribution in [3.05, 3.63) is 95.6 Å². The average Bonchev–Trinajstić information content (AvgIpc) is 2.67. The second-order valence-corrected chi connectivity index (χ2v) is 5.86. The highest BCUT2D eigenvalue weighted by atomic mass is 16.5. The minimum atomic E-state index is 0.519. The Balaban J connectivity index is 1.73. The molecule has 0 aliphatic heterocycles. The van der Waals surface area contributed by atoms with Crippen LogP contribution in [0.1, 0.15) is 16.7 Å². The van der Waals surface area contributed by atoms with E-state index in [4.69, 9.17) is 9.47 Å². The number of hydrogen-bond acceptors (Lipinski definition) is 3. The normalized spacial score (nSPS) is 10.4. The minimum absolute atomic E-state index is 0.519. The second-order valence-electron chi connectivity index (χ2n) is 5.86. The van der Waals surface area contributed by atoms with Crippen LogP contribution in [0.15, 0.2) is 78.9 Å². The number of benzene rings is 3. The van der Waals surface area contributed by atoms with Crippen LogP contribution in [0.25, 0.3) is 0 Å². The predicted octanol–water partition coefficient (Wildman–Crippen LogP) is 4.56. The lowest BCUT2D eigenvalue weighted by Gasteiger charge is -2.14. The van der Waals surface area contributed by atoms with E-state index in [1.807, 2.05) is 55.6 Å². The molecule has 0 fully saturated rings. The summed E-state index contributed by atoms with van der Waals surface area (Å²) >= 11 is 0. The maximum atomic E-state index is 6.05. The average molecular weight is 333 g/mol. The van der Waals surface area contributed by atoms with Crippen LogP contribution in [0.4, 0.5) is 0 Å². The maximum Gasteiger partial charge on any atom is 0.162 e. The summed E-state index contributed by atoms with van der Waals surface area (Å²) in [5, 5.41) is 3.17. The van der Waals surface area contributed by atoms with Crippen LogP contribution in [-0.4, -0.2) is 7.05 Å². The summed E-state index contributed by atoms with van der Waals surface area (Å²) in [6.45, 7) is 1.83. The topological polar surface area (TPSA) is 30.5 Å². The smallest absolute Gasteiger partial charge is 0.162 e. The molecule has 1 N–H and O–H groups in total. The van der Waals surface area contributed by atoms with Gasteiger partial charge in [0, 0.05) is 6.54 Å². The molecule has 3 heteroatoms. The monoisotopic (exact) mass is 333 g/mol. The molecule has 0 saturated heterocycles. The Kier molecular flexibility index (Phi) is 6.07. The molecule has 0 radical (unpaired) electrons. The van der Waals surface area contributed by atoms with Gasteiger partial charge in [-0.15, -0.1) is 0 Å². The maximum absolute atomic E-state index is 6.05. The van der Waals surface area contributed by atoms with E-state index in [2.05, 4.69) is 35.6 Å². The van der Waals surface area contributed by atoms with Gasteiger partial charge in [-0.2, -0.15) is 0 Å². The van der Waals surface area contributed by atoms with Crippen molar-refractivity contribution in [2.45, 2.75) is 19.8 Å². The summed E-state index contributed by atoms with van der Waals surface area (Å²) in [5.41, 5.74) is 3.43. The molecule has 0 bridgehead atoms. The molecule has 0 atom stereocenters. The van der Waals surface area contributed by atoms with Gasteiger partial charge in [-0.3, -0.25) is 0 Å². The third kappa shape index (κ3) is 5.10. The second kappa shape index (κ2) is 8.90. The highest BCUT2D eigenvalue weighted by Crippen LogP contribution is 2.30. The third-order valence-electron chi connectivity index (χ3n) is 3.86. The highest BCUT2D eigenvalue weighted by Gasteiger charge is 2.08. The molecule has 0 aliphatic rings. The minimum Gasteiger partial charge on any atom is -0.485 e. The Hall–Kier alpha value is -2.78. The van der Waals surface area contributed by atoms with E-state index >= 15 is 0 Å². The summed E-state index contributed by atoms with van der Waals surface area (Å²) in [4.78, 5) is 0. The van der Waals surface area contributed by atoms with E-state index < -0.39 is 0 Å². The molecule has 3 aromatic rings. The zero-order valence-electron chi connectivity index (χ0n) is 14.4. The molecule has 0 aliphatic carbocycles. The van der Waals surface area contributed by atoms with Crippen LogP contribution < -0.4 is 14.8 Å². The van der Waals surface area contributed by atoms with Crippen molar-refractivity contribution in [2.75, 3.05) is 7.05 Å². The molecular formula is C22H23NO2. The van der Waals surface area contributed by atoms with Gasteiger partial charge in [0.2, 0.25) is 0 Å². The van der Waals surface area contributed by atoms with Gasteiger partial charge in [0.15, 0.2) is 11.5 Å². The summed E-state index contributed by atoms with van der Waals surface area (Å²) in [6.07, 6.45) is 0. The fourth-order valence-corrected chi connectivity index (χ4v) is 2.57. The molecule has 3 nitrogen and oxygen atoms in total. The molecule has 128 valence electrons. The fourth-order valence-electron chi connectivity index (χ4n) is 2.57. The lowest BCUT2D eigenvalue weighted by Crippen LogP contribution is -2.06. The van der Waals surface area contributed by atoms with Crippen LogP contribution in [0.3, 0.4) is 0 Å². The molecule has 0 aromatic heterocycles. The van der Waals surface area contributed by atoms with Crippen molar-refractivity contribution in [3.8, 4) is 11.5 Å². The van der Waals surface area contributed by atoms with Gasteiger partial charge in [-0.05, 0) is 35.9 Å². The lowest BCUT2D eigenvalue weighted by atomic mass is 10.2. The first-order chi connectivity index (χ1) is 12.3. The Morgan fingerprint density at radius 1 is 0.640 bits per heavy atom. The van der Waals surface area contributed by atoms with Crippen molar-refractivity contribution in [1.29, 1.82) is 0 Å². The van der Waals surface area contributed by atoms with E-state index in [0.717, 1.165) is 34.7 Å². The predicted molar refractivity (Wildman–Crippen MR) is 101 cm³/mol. The SMILES string of the molecule is CNCc1ccc(OCc2ccccc2)c(OCc2ccccc2)c1. The third-order valence-corrected chi connectivity index (χ3v) is 3.86. The molecule has 25 heavy (non-hydrogen) atoms. The standard InChI is InChI=1S/C22H23NO2/c1-23-15-20-12-13-21(24-16-18-8-4-2-5-9-18)22(14-20)25-17-19-10-6-3-7-11-19/h2-14,23H,15-17H2,1H3. The Labute approximate surface area is 149 Å². The molecule has 3 aromatic carbocycles. The molecule has 0 heterocycles. The van der Waals surface area contributed by atoms with E-state index in [0.29, 0.717) is 13.2 Å². The van der Waals surface area contributed by atoms with Crippen molar-refractivity contribution < 1.29 is 9.47 Å². The van der Waals surface area contributed by atoms with Crippen LogP contribution in [-0.2, 0) is 19.8 Å². The Morgan fingerprint density at radius 3 is 1.76 bits per heavy atom. The Morgan fingerprint density at radius 2 is 1.20 bits per heavy atom. The van der Waals surface area contributed by atoms with Crippen LogP contribution >= 0.6 is 0 Å².